The van der Waals surface area contributed by atoms with E-state index in [1.165, 1.54) is 0 Å². The molecule has 0 atom stereocenters. The third-order valence-electron chi connectivity index (χ3n) is 3.90. The topological polar surface area (TPSA) is 60.4 Å². The summed E-state index contributed by atoms with van der Waals surface area (Å²) in [4.78, 5) is 13.7. The van der Waals surface area contributed by atoms with Crippen molar-refractivity contribution in [3.05, 3.63) is 52.7 Å². The second-order valence-corrected chi connectivity index (χ2v) is 13.6. The van der Waals surface area contributed by atoms with Crippen LogP contribution in [0.2, 0.25) is 0 Å². The summed E-state index contributed by atoms with van der Waals surface area (Å²) in [5.74, 6) is 2.02. The number of hydrogen-bond donors (Lipinski definition) is 0. The number of ether oxygens (including phenoxy) is 1. The fourth-order valence-corrected chi connectivity index (χ4v) is 9.83. The Kier molecular flexibility index (Phi) is 7.17. The molecular formula is C17H14I3O4S2+. The van der Waals surface area contributed by atoms with Crippen LogP contribution in [0.15, 0.2) is 41.3 Å². The normalized spacial score (nSPS) is 17.0. The van der Waals surface area contributed by atoms with E-state index in [4.69, 9.17) is 4.74 Å². The average molecular weight is 727 g/mol. The first kappa shape index (κ1) is 21.1. The van der Waals surface area contributed by atoms with Gasteiger partial charge in [0.25, 0.3) is 0 Å². The van der Waals surface area contributed by atoms with Gasteiger partial charge in [0, 0.05) is 21.6 Å². The number of carbonyl (C=O) groups is 1. The van der Waals surface area contributed by atoms with E-state index in [0.717, 1.165) is 15.6 Å². The molecule has 0 spiro atoms. The minimum Gasteiger partial charge on any atom is -0.423 e. The van der Waals surface area contributed by atoms with Crippen LogP contribution in [0.5, 0.6) is 5.75 Å². The molecule has 4 nitrogen and oxygen atoms in total. The second-order valence-electron chi connectivity index (χ2n) is 5.63. The van der Waals surface area contributed by atoms with Crippen molar-refractivity contribution in [2.24, 2.45) is 0 Å². The molecular weight excluding hydrogens is 713 g/mol. The third kappa shape index (κ3) is 5.06. The van der Waals surface area contributed by atoms with Crippen LogP contribution < -0.4 is 4.74 Å². The highest BCUT2D eigenvalue weighted by atomic mass is 127. The molecule has 9 heteroatoms. The highest BCUT2D eigenvalue weighted by Gasteiger charge is 2.32. The van der Waals surface area contributed by atoms with Crippen LogP contribution in [0.3, 0.4) is 0 Å². The molecule has 2 aromatic carbocycles. The standard InChI is InChI=1S/C17H14I3O4S2/c18-13-5-6-14(19)16(20)15(13)17(21)24-11-1-3-12(4-2-11)25-7-9-26(22,23)10-8-25/h1-6H,7-10H2/q+1. The summed E-state index contributed by atoms with van der Waals surface area (Å²) in [6.07, 6.45) is 0. The zero-order valence-electron chi connectivity index (χ0n) is 13.4. The lowest BCUT2D eigenvalue weighted by atomic mass is 10.2. The molecule has 1 aliphatic heterocycles. The zero-order chi connectivity index (χ0) is 18.9. The van der Waals surface area contributed by atoms with Crippen molar-refractivity contribution in [2.75, 3.05) is 23.0 Å². The smallest absolute Gasteiger partial charge is 0.345 e. The van der Waals surface area contributed by atoms with Crippen molar-refractivity contribution >= 4 is 94.5 Å². The molecule has 0 saturated carbocycles. The van der Waals surface area contributed by atoms with Gasteiger partial charge >= 0.3 is 5.97 Å². The van der Waals surface area contributed by atoms with E-state index in [9.17, 15) is 13.2 Å². The molecule has 3 rings (SSSR count). The quantitative estimate of drug-likeness (QED) is 0.157. The van der Waals surface area contributed by atoms with Crippen LogP contribution in [-0.4, -0.2) is 37.4 Å². The minimum absolute atomic E-state index is 0.0450. The predicted octanol–water partition coefficient (Wildman–Crippen LogP) is 4.13. The molecule has 1 aliphatic rings. The summed E-state index contributed by atoms with van der Waals surface area (Å²) in [5, 5.41) is 0. The zero-order valence-corrected chi connectivity index (χ0v) is 21.5. The van der Waals surface area contributed by atoms with E-state index in [-0.39, 0.29) is 28.4 Å². The summed E-state index contributed by atoms with van der Waals surface area (Å²) in [6, 6.07) is 11.3. The van der Waals surface area contributed by atoms with Crippen LogP contribution >= 0.6 is 67.8 Å². The summed E-state index contributed by atoms with van der Waals surface area (Å²) < 4.78 is 31.4. The molecule has 0 amide bonds. The SMILES string of the molecule is O=C(Oc1ccc([S+]2CCS(=O)(=O)CC2)cc1)c1c(I)ccc(I)c1I. The maximum absolute atomic E-state index is 12.6. The van der Waals surface area contributed by atoms with Gasteiger partial charge < -0.3 is 4.74 Å². The molecule has 0 bridgehead atoms. The summed E-state index contributed by atoms with van der Waals surface area (Å²) >= 11 is 6.51. The van der Waals surface area contributed by atoms with Gasteiger partial charge in [0.05, 0.1) is 17.1 Å². The molecule has 0 N–H and O–H groups in total. The molecule has 1 fully saturated rings. The number of halogens is 3. The number of sulfone groups is 1. The van der Waals surface area contributed by atoms with Crippen LogP contribution in [-0.2, 0) is 20.7 Å². The van der Waals surface area contributed by atoms with Crippen molar-refractivity contribution in [1.29, 1.82) is 0 Å². The number of hydrogen-bond acceptors (Lipinski definition) is 4. The van der Waals surface area contributed by atoms with E-state index >= 15 is 0 Å². The Bertz CT molecular complexity index is 929. The van der Waals surface area contributed by atoms with E-state index in [1.807, 2.05) is 24.3 Å². The summed E-state index contributed by atoms with van der Waals surface area (Å²) in [7, 11) is -2.90. The lowest BCUT2D eigenvalue weighted by Gasteiger charge is -2.14. The van der Waals surface area contributed by atoms with E-state index < -0.39 is 9.84 Å². The number of benzene rings is 2. The van der Waals surface area contributed by atoms with Crippen molar-refractivity contribution in [2.45, 2.75) is 4.90 Å². The minimum atomic E-state index is -2.85. The molecule has 0 unspecified atom stereocenters. The average Bonchev–Trinajstić information content (AvgIpc) is 2.59. The number of carbonyl (C=O) groups excluding carboxylic acids is 1. The lowest BCUT2D eigenvalue weighted by molar-refractivity contribution is 0.0732. The van der Waals surface area contributed by atoms with Gasteiger partial charge in [0.15, 0.2) is 14.7 Å². The van der Waals surface area contributed by atoms with Crippen molar-refractivity contribution < 1.29 is 17.9 Å². The van der Waals surface area contributed by atoms with Gasteiger partial charge in [0.2, 0.25) is 0 Å². The van der Waals surface area contributed by atoms with Crippen LogP contribution in [0.4, 0.5) is 0 Å². The molecule has 26 heavy (non-hydrogen) atoms. The molecule has 0 radical (unpaired) electrons. The fourth-order valence-electron chi connectivity index (χ4n) is 2.47. The molecule has 1 saturated heterocycles. The molecule has 0 aromatic heterocycles. The maximum atomic E-state index is 12.6. The van der Waals surface area contributed by atoms with Crippen molar-refractivity contribution in [3.63, 3.8) is 0 Å². The maximum Gasteiger partial charge on any atom is 0.345 e. The lowest BCUT2D eigenvalue weighted by Crippen LogP contribution is -2.32. The Morgan fingerprint density at radius 1 is 0.923 bits per heavy atom. The van der Waals surface area contributed by atoms with E-state index in [0.29, 0.717) is 22.8 Å². The number of esters is 1. The van der Waals surface area contributed by atoms with Gasteiger partial charge in [-0.15, -0.1) is 0 Å². The first-order valence-corrected chi connectivity index (χ1v) is 14.2. The van der Waals surface area contributed by atoms with Crippen molar-refractivity contribution in [3.8, 4) is 5.75 Å². The highest BCUT2D eigenvalue weighted by molar-refractivity contribution is 14.1. The Hall–Kier alpha value is 0.400. The van der Waals surface area contributed by atoms with E-state index in [2.05, 4.69) is 67.8 Å². The second kappa shape index (κ2) is 8.82. The van der Waals surface area contributed by atoms with Gasteiger partial charge in [-0.1, -0.05) is 0 Å². The third-order valence-corrected chi connectivity index (χ3v) is 12.3. The fraction of sp³-hybridized carbons (Fsp3) is 0.235. The Morgan fingerprint density at radius 3 is 2.12 bits per heavy atom. The van der Waals surface area contributed by atoms with Crippen LogP contribution in [0, 0.1) is 10.7 Å². The first-order chi connectivity index (χ1) is 12.3. The predicted molar refractivity (Wildman–Crippen MR) is 130 cm³/mol. The Balaban J connectivity index is 1.72. The van der Waals surface area contributed by atoms with Crippen molar-refractivity contribution in [1.82, 2.24) is 0 Å². The Morgan fingerprint density at radius 2 is 1.50 bits per heavy atom. The molecule has 0 aliphatic carbocycles. The monoisotopic (exact) mass is 727 g/mol. The molecule has 1 heterocycles. The summed E-state index contributed by atoms with van der Waals surface area (Å²) in [6.45, 7) is 0. The van der Waals surface area contributed by atoms with Gasteiger partial charge in [-0.2, -0.15) is 0 Å². The van der Waals surface area contributed by atoms with Crippen LogP contribution in [0.1, 0.15) is 10.4 Å². The first-order valence-electron chi connectivity index (χ1n) is 7.60. The molecule has 138 valence electrons. The van der Waals surface area contributed by atoms with Gasteiger partial charge in [-0.25, -0.2) is 13.2 Å². The number of rotatable bonds is 3. The molecule has 2 aromatic rings. The van der Waals surface area contributed by atoms with Gasteiger partial charge in [0.1, 0.15) is 17.3 Å². The largest absolute Gasteiger partial charge is 0.423 e. The summed E-state index contributed by atoms with van der Waals surface area (Å²) in [5.41, 5.74) is 0.585. The highest BCUT2D eigenvalue weighted by Crippen LogP contribution is 2.27. The van der Waals surface area contributed by atoms with E-state index in [1.54, 1.807) is 12.1 Å². The van der Waals surface area contributed by atoms with Gasteiger partial charge in [-0.3, -0.25) is 0 Å². The van der Waals surface area contributed by atoms with Crippen LogP contribution in [0.25, 0.3) is 0 Å². The van der Waals surface area contributed by atoms with Gasteiger partial charge in [-0.05, 0) is 104 Å². The Labute approximate surface area is 196 Å².